The fourth-order valence-electron chi connectivity index (χ4n) is 0.815. The largest absolute Gasteiger partial charge is 0.378 e. The molecule has 0 saturated heterocycles. The Morgan fingerprint density at radius 3 is 2.00 bits per heavy atom. The van der Waals surface area contributed by atoms with E-state index in [0.717, 1.165) is 11.8 Å². The van der Waals surface area contributed by atoms with Gasteiger partial charge in [-0.25, -0.2) is 22.6 Å². The number of benzene rings is 1. The van der Waals surface area contributed by atoms with Crippen LogP contribution >= 0.6 is 35.7 Å². The fourth-order valence-corrected chi connectivity index (χ4v) is 0.997. The maximum Gasteiger partial charge on any atom is 0.187 e. The summed E-state index contributed by atoms with van der Waals surface area (Å²) in [6.07, 6.45) is 1.50. The highest BCUT2D eigenvalue weighted by Gasteiger charge is 2.18. The summed E-state index contributed by atoms with van der Waals surface area (Å²) in [5.41, 5.74) is 4.12. The van der Waals surface area contributed by atoms with Crippen molar-refractivity contribution >= 4 is 46.6 Å². The van der Waals surface area contributed by atoms with E-state index in [4.69, 9.17) is 5.73 Å². The standard InChI is InChI=1S/C8H6F4N2S.HI/c1-15-8(13)14-7-5(11)3(9)2-4(10)6(7)12;/h2H,1H3,(H2,13,14);1H. The number of amidine groups is 1. The first-order valence-corrected chi connectivity index (χ1v) is 4.91. The average molecular weight is 366 g/mol. The third-order valence-corrected chi connectivity index (χ3v) is 2.03. The van der Waals surface area contributed by atoms with Crippen molar-refractivity contribution in [3.05, 3.63) is 29.3 Å². The minimum absolute atomic E-state index is 0. The summed E-state index contributed by atoms with van der Waals surface area (Å²) in [7, 11) is 0. The first-order valence-electron chi connectivity index (χ1n) is 3.68. The Bertz CT molecular complexity index is 399. The van der Waals surface area contributed by atoms with E-state index in [9.17, 15) is 17.6 Å². The molecule has 0 saturated carbocycles. The molecule has 1 aromatic carbocycles. The summed E-state index contributed by atoms with van der Waals surface area (Å²) < 4.78 is 51.3. The Labute approximate surface area is 110 Å². The van der Waals surface area contributed by atoms with Gasteiger partial charge in [0.2, 0.25) is 0 Å². The summed E-state index contributed by atoms with van der Waals surface area (Å²) in [6.45, 7) is 0. The maximum absolute atomic E-state index is 13.0. The van der Waals surface area contributed by atoms with Crippen LogP contribution in [0.15, 0.2) is 11.1 Å². The van der Waals surface area contributed by atoms with Gasteiger partial charge in [-0.3, -0.25) is 0 Å². The number of hydrogen-bond donors (Lipinski definition) is 1. The van der Waals surface area contributed by atoms with Crippen molar-refractivity contribution in [2.24, 2.45) is 10.7 Å². The zero-order chi connectivity index (χ0) is 11.6. The first-order chi connectivity index (χ1) is 6.97. The topological polar surface area (TPSA) is 38.4 Å². The molecule has 0 amide bonds. The van der Waals surface area contributed by atoms with Crippen molar-refractivity contribution in [2.45, 2.75) is 0 Å². The molecule has 0 bridgehead atoms. The minimum atomic E-state index is -1.56. The molecule has 0 radical (unpaired) electrons. The number of rotatable bonds is 1. The predicted octanol–water partition coefficient (Wildman–Crippen LogP) is 3.17. The van der Waals surface area contributed by atoms with E-state index in [0.29, 0.717) is 0 Å². The van der Waals surface area contributed by atoms with Gasteiger partial charge in [-0.15, -0.1) is 24.0 Å². The molecular formula is C8H7F4IN2S. The van der Waals surface area contributed by atoms with Crippen LogP contribution in [0.3, 0.4) is 0 Å². The molecule has 0 aliphatic rings. The van der Waals surface area contributed by atoms with Crippen LogP contribution in [-0.4, -0.2) is 11.4 Å². The summed E-state index contributed by atoms with van der Waals surface area (Å²) >= 11 is 0.898. The summed E-state index contributed by atoms with van der Waals surface area (Å²) in [5, 5.41) is -0.196. The molecule has 0 atom stereocenters. The van der Waals surface area contributed by atoms with Gasteiger partial charge in [-0.05, 0) is 6.26 Å². The van der Waals surface area contributed by atoms with Crippen LogP contribution in [0, 0.1) is 23.3 Å². The third kappa shape index (κ3) is 3.24. The minimum Gasteiger partial charge on any atom is -0.378 e. The molecule has 1 aromatic rings. The second kappa shape index (κ2) is 6.28. The molecule has 1 rings (SSSR count). The molecule has 0 unspecified atom stereocenters. The number of halogens is 5. The lowest BCUT2D eigenvalue weighted by Gasteiger charge is -2.02. The van der Waals surface area contributed by atoms with Gasteiger partial charge in [0.25, 0.3) is 0 Å². The maximum atomic E-state index is 13.0. The van der Waals surface area contributed by atoms with Crippen LogP contribution < -0.4 is 5.73 Å². The Morgan fingerprint density at radius 1 is 1.19 bits per heavy atom. The van der Waals surface area contributed by atoms with Gasteiger partial charge in [-0.1, -0.05) is 11.8 Å². The molecule has 16 heavy (non-hydrogen) atoms. The Hall–Kier alpha value is -0.510. The molecule has 8 heteroatoms. The van der Waals surface area contributed by atoms with Gasteiger partial charge in [-0.2, -0.15) is 0 Å². The highest BCUT2D eigenvalue weighted by atomic mass is 127. The van der Waals surface area contributed by atoms with Gasteiger partial charge in [0.15, 0.2) is 28.4 Å². The van der Waals surface area contributed by atoms with Crippen molar-refractivity contribution in [3.63, 3.8) is 0 Å². The Morgan fingerprint density at radius 2 is 1.62 bits per heavy atom. The van der Waals surface area contributed by atoms with Crippen molar-refractivity contribution in [1.82, 2.24) is 0 Å². The fraction of sp³-hybridized carbons (Fsp3) is 0.125. The monoisotopic (exact) mass is 366 g/mol. The van der Waals surface area contributed by atoms with Gasteiger partial charge in [0, 0.05) is 6.07 Å². The highest BCUT2D eigenvalue weighted by Crippen LogP contribution is 2.27. The smallest absolute Gasteiger partial charge is 0.187 e. The quantitative estimate of drug-likeness (QED) is 0.273. The number of nitrogens with two attached hydrogens (primary N) is 1. The lowest BCUT2D eigenvalue weighted by atomic mass is 10.2. The number of hydrogen-bond acceptors (Lipinski definition) is 2. The third-order valence-electron chi connectivity index (χ3n) is 1.52. The van der Waals surface area contributed by atoms with Crippen LogP contribution in [0.4, 0.5) is 23.2 Å². The normalized spacial score (nSPS) is 11.2. The van der Waals surface area contributed by atoms with Gasteiger partial charge in [0.1, 0.15) is 5.69 Å². The van der Waals surface area contributed by atoms with Gasteiger partial charge >= 0.3 is 0 Å². The SMILES string of the molecule is CSC(N)=Nc1c(F)c(F)cc(F)c1F.I. The zero-order valence-electron chi connectivity index (χ0n) is 7.93. The molecule has 0 aliphatic carbocycles. The van der Waals surface area contributed by atoms with E-state index < -0.39 is 29.0 Å². The first kappa shape index (κ1) is 15.5. The van der Waals surface area contributed by atoms with Crippen molar-refractivity contribution < 1.29 is 17.6 Å². The number of nitrogens with zero attached hydrogens (tertiary/aromatic N) is 1. The lowest BCUT2D eigenvalue weighted by Crippen LogP contribution is -2.06. The lowest BCUT2D eigenvalue weighted by molar-refractivity contribution is 0.457. The van der Waals surface area contributed by atoms with Crippen LogP contribution in [0.5, 0.6) is 0 Å². The van der Waals surface area contributed by atoms with Gasteiger partial charge < -0.3 is 5.73 Å². The molecule has 0 aromatic heterocycles. The predicted molar refractivity (Wildman–Crippen MR) is 66.5 cm³/mol. The van der Waals surface area contributed by atoms with E-state index in [-0.39, 0.29) is 35.2 Å². The van der Waals surface area contributed by atoms with Crippen molar-refractivity contribution in [3.8, 4) is 0 Å². The van der Waals surface area contributed by atoms with Crippen molar-refractivity contribution in [2.75, 3.05) is 6.26 Å². The number of thioether (sulfide) groups is 1. The van der Waals surface area contributed by atoms with Crippen LogP contribution in [0.2, 0.25) is 0 Å². The molecule has 0 heterocycles. The van der Waals surface area contributed by atoms with E-state index in [1.165, 1.54) is 6.26 Å². The molecule has 2 N–H and O–H groups in total. The molecule has 2 nitrogen and oxygen atoms in total. The average Bonchev–Trinajstić information content (AvgIpc) is 2.21. The van der Waals surface area contributed by atoms with Crippen LogP contribution in [-0.2, 0) is 0 Å². The van der Waals surface area contributed by atoms with Crippen molar-refractivity contribution in [1.29, 1.82) is 0 Å². The zero-order valence-corrected chi connectivity index (χ0v) is 11.1. The Kier molecular flexibility index (Phi) is 6.08. The molecular weight excluding hydrogens is 359 g/mol. The molecule has 0 fully saturated rings. The van der Waals surface area contributed by atoms with Gasteiger partial charge in [0.05, 0.1) is 0 Å². The second-order valence-electron chi connectivity index (χ2n) is 2.47. The summed E-state index contributed by atoms with van der Waals surface area (Å²) in [4.78, 5) is 3.23. The van der Waals surface area contributed by atoms with E-state index in [2.05, 4.69) is 4.99 Å². The summed E-state index contributed by atoms with van der Waals surface area (Å²) in [6, 6.07) is 0.110. The van der Waals surface area contributed by atoms with E-state index in [1.54, 1.807) is 0 Å². The van der Waals surface area contributed by atoms with Crippen LogP contribution in [0.25, 0.3) is 0 Å². The summed E-state index contributed by atoms with van der Waals surface area (Å²) in [5.74, 6) is -6.15. The molecule has 0 spiro atoms. The van der Waals surface area contributed by atoms with Crippen LogP contribution in [0.1, 0.15) is 0 Å². The second-order valence-corrected chi connectivity index (χ2v) is 3.30. The molecule has 0 aliphatic heterocycles. The Balaban J connectivity index is 0.00000225. The highest BCUT2D eigenvalue weighted by molar-refractivity contribution is 14.0. The van der Waals surface area contributed by atoms with E-state index in [1.807, 2.05) is 0 Å². The molecule has 90 valence electrons. The van der Waals surface area contributed by atoms with E-state index >= 15 is 0 Å². The number of aliphatic imine (C=N–C) groups is 1.